The number of carbonyl (C=O) groups excluding carboxylic acids is 1. The smallest absolute Gasteiger partial charge is 0.244 e. The van der Waals surface area contributed by atoms with Gasteiger partial charge in [0.15, 0.2) is 5.82 Å². The van der Waals surface area contributed by atoms with E-state index in [0.717, 1.165) is 18.7 Å². The van der Waals surface area contributed by atoms with Crippen molar-refractivity contribution in [2.75, 3.05) is 19.7 Å². The third-order valence-electron chi connectivity index (χ3n) is 3.51. The van der Waals surface area contributed by atoms with Crippen LogP contribution in [0.5, 0.6) is 0 Å². The van der Waals surface area contributed by atoms with Crippen LogP contribution in [-0.2, 0) is 22.5 Å². The maximum absolute atomic E-state index is 12.3. The number of hydrogen-bond donors (Lipinski definition) is 1. The Morgan fingerprint density at radius 2 is 2.45 bits per heavy atom. The van der Waals surface area contributed by atoms with Crippen LogP contribution in [0.2, 0.25) is 0 Å². The molecule has 22 heavy (non-hydrogen) atoms. The Balaban J connectivity index is 1.61. The molecule has 1 aliphatic heterocycles. The SMILES string of the molecule is CCCc1nc([C@H]2CN(C(=O)Cn3cncn3)CCO2)n[nH]1. The highest BCUT2D eigenvalue weighted by molar-refractivity contribution is 5.76. The molecule has 118 valence electrons. The molecule has 0 aliphatic carbocycles. The predicted octanol–water partition coefficient (Wildman–Crippen LogP) is -0.0512. The minimum absolute atomic E-state index is 0.0110. The molecule has 0 radical (unpaired) electrons. The highest BCUT2D eigenvalue weighted by atomic mass is 16.5. The van der Waals surface area contributed by atoms with Crippen LogP contribution < -0.4 is 0 Å². The number of aromatic nitrogens is 6. The van der Waals surface area contributed by atoms with E-state index < -0.39 is 0 Å². The quantitative estimate of drug-likeness (QED) is 0.831. The normalized spacial score (nSPS) is 18.6. The minimum atomic E-state index is -0.282. The first-order chi connectivity index (χ1) is 10.8. The second-order valence-electron chi connectivity index (χ2n) is 5.18. The van der Waals surface area contributed by atoms with E-state index in [2.05, 4.69) is 32.2 Å². The second kappa shape index (κ2) is 6.65. The summed E-state index contributed by atoms with van der Waals surface area (Å²) in [6.07, 6.45) is 4.52. The van der Waals surface area contributed by atoms with E-state index in [-0.39, 0.29) is 18.6 Å². The zero-order valence-corrected chi connectivity index (χ0v) is 12.5. The minimum Gasteiger partial charge on any atom is -0.366 e. The zero-order chi connectivity index (χ0) is 15.4. The van der Waals surface area contributed by atoms with Gasteiger partial charge in [0, 0.05) is 13.0 Å². The van der Waals surface area contributed by atoms with Crippen LogP contribution in [0.15, 0.2) is 12.7 Å². The van der Waals surface area contributed by atoms with E-state index >= 15 is 0 Å². The third-order valence-corrected chi connectivity index (χ3v) is 3.51. The molecule has 0 saturated carbocycles. The predicted molar refractivity (Wildman–Crippen MR) is 75.7 cm³/mol. The van der Waals surface area contributed by atoms with Crippen molar-refractivity contribution in [3.63, 3.8) is 0 Å². The van der Waals surface area contributed by atoms with E-state index in [0.29, 0.717) is 25.5 Å². The average Bonchev–Trinajstić information content (AvgIpc) is 3.19. The first-order valence-corrected chi connectivity index (χ1v) is 7.39. The first kappa shape index (κ1) is 14.6. The number of carbonyl (C=O) groups is 1. The van der Waals surface area contributed by atoms with Gasteiger partial charge in [-0.1, -0.05) is 6.92 Å². The molecule has 2 aromatic rings. The molecule has 0 spiro atoms. The summed E-state index contributed by atoms with van der Waals surface area (Å²) in [5.41, 5.74) is 0. The first-order valence-electron chi connectivity index (χ1n) is 7.39. The van der Waals surface area contributed by atoms with Gasteiger partial charge in [-0.3, -0.25) is 9.89 Å². The van der Waals surface area contributed by atoms with Crippen LogP contribution in [0.25, 0.3) is 0 Å². The number of nitrogens with one attached hydrogen (secondary N) is 1. The Hall–Kier alpha value is -2.29. The Labute approximate surface area is 127 Å². The largest absolute Gasteiger partial charge is 0.366 e. The molecule has 2 aromatic heterocycles. The van der Waals surface area contributed by atoms with Crippen LogP contribution in [0.1, 0.15) is 31.1 Å². The summed E-state index contributed by atoms with van der Waals surface area (Å²) in [6, 6.07) is 0. The number of amides is 1. The van der Waals surface area contributed by atoms with Crippen molar-refractivity contribution in [3.8, 4) is 0 Å². The van der Waals surface area contributed by atoms with Crippen molar-refractivity contribution in [2.45, 2.75) is 32.4 Å². The summed E-state index contributed by atoms with van der Waals surface area (Å²) in [6.45, 7) is 3.77. The molecule has 1 fully saturated rings. The lowest BCUT2D eigenvalue weighted by Crippen LogP contribution is -2.44. The average molecular weight is 305 g/mol. The fourth-order valence-electron chi connectivity index (χ4n) is 2.39. The van der Waals surface area contributed by atoms with Gasteiger partial charge < -0.3 is 9.64 Å². The third kappa shape index (κ3) is 3.30. The lowest BCUT2D eigenvalue weighted by atomic mass is 10.2. The molecule has 1 aliphatic rings. The second-order valence-corrected chi connectivity index (χ2v) is 5.18. The monoisotopic (exact) mass is 305 g/mol. The maximum atomic E-state index is 12.3. The number of nitrogens with zero attached hydrogens (tertiary/aromatic N) is 6. The number of aromatic amines is 1. The van der Waals surface area contributed by atoms with E-state index in [1.165, 1.54) is 17.3 Å². The van der Waals surface area contributed by atoms with E-state index in [9.17, 15) is 4.79 Å². The number of ether oxygens (including phenoxy) is 1. The van der Waals surface area contributed by atoms with Gasteiger partial charge in [0.2, 0.25) is 5.91 Å². The number of hydrogen-bond acceptors (Lipinski definition) is 6. The van der Waals surface area contributed by atoms with Crippen molar-refractivity contribution in [2.24, 2.45) is 0 Å². The Kier molecular flexibility index (Phi) is 4.42. The molecule has 3 rings (SSSR count). The van der Waals surface area contributed by atoms with Crippen LogP contribution >= 0.6 is 0 Å². The molecule has 1 N–H and O–H groups in total. The van der Waals surface area contributed by atoms with E-state index in [4.69, 9.17) is 4.74 Å². The lowest BCUT2D eigenvalue weighted by molar-refractivity contribution is -0.140. The molecule has 0 bridgehead atoms. The molecule has 9 nitrogen and oxygen atoms in total. The summed E-state index contributed by atoms with van der Waals surface area (Å²) >= 11 is 0. The van der Waals surface area contributed by atoms with Crippen molar-refractivity contribution >= 4 is 5.91 Å². The van der Waals surface area contributed by atoms with Gasteiger partial charge >= 0.3 is 0 Å². The fourth-order valence-corrected chi connectivity index (χ4v) is 2.39. The van der Waals surface area contributed by atoms with Crippen LogP contribution in [0.3, 0.4) is 0 Å². The summed E-state index contributed by atoms with van der Waals surface area (Å²) in [4.78, 5) is 22.3. The topological polar surface area (TPSA) is 102 Å². The van der Waals surface area contributed by atoms with E-state index in [1.807, 2.05) is 0 Å². The number of H-pyrrole nitrogens is 1. The molecule has 0 unspecified atom stereocenters. The Bertz CT molecular complexity index is 610. The Morgan fingerprint density at radius 1 is 1.55 bits per heavy atom. The summed E-state index contributed by atoms with van der Waals surface area (Å²) < 4.78 is 7.21. The van der Waals surface area contributed by atoms with Crippen molar-refractivity contribution < 1.29 is 9.53 Å². The summed E-state index contributed by atoms with van der Waals surface area (Å²) in [5.74, 6) is 1.46. The van der Waals surface area contributed by atoms with Gasteiger partial charge in [0.1, 0.15) is 31.1 Å². The molecule has 1 amide bonds. The summed E-state index contributed by atoms with van der Waals surface area (Å²) in [5, 5.41) is 11.1. The number of aryl methyl sites for hydroxylation is 1. The van der Waals surface area contributed by atoms with E-state index in [1.54, 1.807) is 4.90 Å². The van der Waals surface area contributed by atoms with Crippen molar-refractivity contribution in [1.82, 2.24) is 34.8 Å². The van der Waals surface area contributed by atoms with Crippen LogP contribution in [0, 0.1) is 0 Å². The highest BCUT2D eigenvalue weighted by Crippen LogP contribution is 2.19. The van der Waals surface area contributed by atoms with Crippen LogP contribution in [-0.4, -0.2) is 60.4 Å². The maximum Gasteiger partial charge on any atom is 0.244 e. The molecular formula is C13H19N7O2. The summed E-state index contributed by atoms with van der Waals surface area (Å²) in [7, 11) is 0. The van der Waals surface area contributed by atoms with Crippen molar-refractivity contribution in [1.29, 1.82) is 0 Å². The van der Waals surface area contributed by atoms with Gasteiger partial charge in [-0.2, -0.15) is 10.2 Å². The van der Waals surface area contributed by atoms with Gasteiger partial charge in [-0.25, -0.2) is 14.6 Å². The molecular weight excluding hydrogens is 286 g/mol. The molecule has 0 aromatic carbocycles. The molecule has 1 atom stereocenters. The standard InChI is InChI=1S/C13H19N7O2/c1-2-3-11-16-13(18-17-11)10-6-19(4-5-22-10)12(21)7-20-9-14-8-15-20/h8-10H,2-7H2,1H3,(H,16,17,18)/t10-/m1/s1. The highest BCUT2D eigenvalue weighted by Gasteiger charge is 2.28. The molecule has 3 heterocycles. The molecule has 9 heteroatoms. The van der Waals surface area contributed by atoms with Gasteiger partial charge in [-0.05, 0) is 6.42 Å². The number of rotatable bonds is 5. The van der Waals surface area contributed by atoms with Crippen LogP contribution in [0.4, 0.5) is 0 Å². The lowest BCUT2D eigenvalue weighted by Gasteiger charge is -2.31. The fraction of sp³-hybridized carbons (Fsp3) is 0.615. The Morgan fingerprint density at radius 3 is 3.23 bits per heavy atom. The van der Waals surface area contributed by atoms with Crippen molar-refractivity contribution in [3.05, 3.63) is 24.3 Å². The van der Waals surface area contributed by atoms with Gasteiger partial charge in [0.05, 0.1) is 13.2 Å². The van der Waals surface area contributed by atoms with Gasteiger partial charge in [0.25, 0.3) is 0 Å². The molecule has 1 saturated heterocycles. The van der Waals surface area contributed by atoms with Gasteiger partial charge in [-0.15, -0.1) is 0 Å². The number of morpholine rings is 1. The zero-order valence-electron chi connectivity index (χ0n) is 12.5.